The molecular weight excluding hydrogens is 260 g/mol. The van der Waals surface area contributed by atoms with Gasteiger partial charge in [-0.3, -0.25) is 4.79 Å². The van der Waals surface area contributed by atoms with Crippen LogP contribution in [-0.2, 0) is 10.3 Å². The van der Waals surface area contributed by atoms with E-state index in [0.29, 0.717) is 42.8 Å². The number of aromatic nitrogens is 3. The molecule has 7 heteroatoms. The maximum Gasteiger partial charge on any atom is 0.274 e. The molecule has 0 aromatic carbocycles. The first-order valence-corrected chi connectivity index (χ1v) is 6.45. The van der Waals surface area contributed by atoms with E-state index in [2.05, 4.69) is 20.3 Å². The van der Waals surface area contributed by atoms with Gasteiger partial charge in [0.15, 0.2) is 11.6 Å². The predicted octanol–water partition coefficient (Wildman–Crippen LogP) is 1.06. The number of amides is 1. The molecule has 2 N–H and O–H groups in total. The molecule has 2 aromatic heterocycles. The summed E-state index contributed by atoms with van der Waals surface area (Å²) in [5, 5.41) is 2.99. The second kappa shape index (κ2) is 4.75. The van der Waals surface area contributed by atoms with Gasteiger partial charge in [-0.15, -0.1) is 0 Å². The molecular formula is C13H16N4O3. The molecule has 2 aromatic rings. The molecule has 1 fully saturated rings. The van der Waals surface area contributed by atoms with Gasteiger partial charge in [-0.2, -0.15) is 0 Å². The number of H-pyrrole nitrogens is 1. The van der Waals surface area contributed by atoms with Crippen molar-refractivity contribution in [2.75, 3.05) is 13.2 Å². The minimum Gasteiger partial charge on any atom is -0.445 e. The third kappa shape index (κ3) is 2.09. The number of rotatable bonds is 3. The summed E-state index contributed by atoms with van der Waals surface area (Å²) >= 11 is 0. The highest BCUT2D eigenvalue weighted by atomic mass is 16.5. The highest BCUT2D eigenvalue weighted by Gasteiger charge is 2.41. The van der Waals surface area contributed by atoms with Crippen LogP contribution in [0.25, 0.3) is 0 Å². The summed E-state index contributed by atoms with van der Waals surface area (Å²) in [6.45, 7) is 4.41. The number of ether oxygens (including phenoxy) is 1. The Bertz CT molecular complexity index is 612. The first kappa shape index (κ1) is 12.9. The third-order valence-corrected chi connectivity index (χ3v) is 3.44. The maximum absolute atomic E-state index is 12.4. The van der Waals surface area contributed by atoms with E-state index in [1.54, 1.807) is 26.2 Å². The number of nitrogens with zero attached hydrogens (tertiary/aromatic N) is 2. The molecule has 0 aliphatic carbocycles. The summed E-state index contributed by atoms with van der Waals surface area (Å²) in [7, 11) is 0. The number of oxazole rings is 1. The number of imidazole rings is 1. The second-order valence-electron chi connectivity index (χ2n) is 4.91. The van der Waals surface area contributed by atoms with Crippen molar-refractivity contribution in [3.05, 3.63) is 35.6 Å². The molecule has 1 aliphatic rings. The lowest BCUT2D eigenvalue weighted by Gasteiger charge is -2.26. The molecule has 7 nitrogen and oxygen atoms in total. The van der Waals surface area contributed by atoms with Crippen LogP contribution in [-0.4, -0.2) is 34.1 Å². The molecule has 0 radical (unpaired) electrons. The lowest BCUT2D eigenvalue weighted by atomic mass is 9.97. The third-order valence-electron chi connectivity index (χ3n) is 3.44. The zero-order valence-corrected chi connectivity index (χ0v) is 11.4. The predicted molar refractivity (Wildman–Crippen MR) is 69.1 cm³/mol. The Kier molecular flexibility index (Phi) is 3.06. The number of aromatic amines is 1. The smallest absolute Gasteiger partial charge is 0.274 e. The van der Waals surface area contributed by atoms with Gasteiger partial charge in [0, 0.05) is 32.3 Å². The van der Waals surface area contributed by atoms with Crippen molar-refractivity contribution in [2.24, 2.45) is 0 Å². The zero-order valence-electron chi connectivity index (χ0n) is 11.4. The first-order chi connectivity index (χ1) is 9.61. The number of carbonyl (C=O) groups is 1. The summed E-state index contributed by atoms with van der Waals surface area (Å²) < 4.78 is 10.7. The van der Waals surface area contributed by atoms with Gasteiger partial charge in [0.2, 0.25) is 0 Å². The summed E-state index contributed by atoms with van der Waals surface area (Å²) in [5.74, 6) is 1.40. The molecule has 1 atom stereocenters. The Morgan fingerprint density at radius 1 is 1.50 bits per heavy atom. The highest BCUT2D eigenvalue weighted by Crippen LogP contribution is 2.28. The normalized spacial score (nSPS) is 22.1. The number of aryl methyl sites for hydroxylation is 2. The molecule has 1 amide bonds. The topological polar surface area (TPSA) is 93.0 Å². The summed E-state index contributed by atoms with van der Waals surface area (Å²) in [6.07, 6.45) is 4.06. The molecule has 106 valence electrons. The minimum absolute atomic E-state index is 0.277. The van der Waals surface area contributed by atoms with E-state index >= 15 is 0 Å². The molecule has 1 saturated heterocycles. The van der Waals surface area contributed by atoms with Gasteiger partial charge >= 0.3 is 0 Å². The van der Waals surface area contributed by atoms with Gasteiger partial charge in [0.1, 0.15) is 17.1 Å². The molecule has 0 saturated carbocycles. The SMILES string of the molecule is Cc1nc(C(=O)NC2(c3ncc[nH]3)CCOC2)c(C)o1. The van der Waals surface area contributed by atoms with Crippen molar-refractivity contribution in [3.63, 3.8) is 0 Å². The summed E-state index contributed by atoms with van der Waals surface area (Å²) in [4.78, 5) is 23.8. The van der Waals surface area contributed by atoms with Crippen molar-refractivity contribution < 1.29 is 13.9 Å². The van der Waals surface area contributed by atoms with E-state index < -0.39 is 5.54 Å². The van der Waals surface area contributed by atoms with Gasteiger partial charge in [-0.25, -0.2) is 9.97 Å². The van der Waals surface area contributed by atoms with E-state index in [1.165, 1.54) is 0 Å². The molecule has 1 aliphatic heterocycles. The number of carbonyl (C=O) groups excluding carboxylic acids is 1. The van der Waals surface area contributed by atoms with Crippen LogP contribution >= 0.6 is 0 Å². The standard InChI is InChI=1S/C13H16N4O3/c1-8-10(16-9(2)20-8)11(18)17-13(3-6-19-7-13)12-14-4-5-15-12/h4-5H,3,6-7H2,1-2H3,(H,14,15)(H,17,18). The zero-order chi connectivity index (χ0) is 14.2. The van der Waals surface area contributed by atoms with Crippen molar-refractivity contribution >= 4 is 5.91 Å². The molecule has 1 unspecified atom stereocenters. The minimum atomic E-state index is -0.625. The van der Waals surface area contributed by atoms with Crippen LogP contribution in [0, 0.1) is 13.8 Å². The Labute approximate surface area is 115 Å². The van der Waals surface area contributed by atoms with Crippen molar-refractivity contribution in [1.82, 2.24) is 20.3 Å². The van der Waals surface area contributed by atoms with Crippen LogP contribution in [0.1, 0.15) is 34.4 Å². The van der Waals surface area contributed by atoms with Crippen LogP contribution in [0.3, 0.4) is 0 Å². The molecule has 0 spiro atoms. The fraction of sp³-hybridized carbons (Fsp3) is 0.462. The number of hydrogen-bond acceptors (Lipinski definition) is 5. The second-order valence-corrected chi connectivity index (χ2v) is 4.91. The fourth-order valence-corrected chi connectivity index (χ4v) is 2.45. The van der Waals surface area contributed by atoms with Gasteiger partial charge in [0.25, 0.3) is 5.91 Å². The van der Waals surface area contributed by atoms with E-state index in [1.807, 2.05) is 0 Å². The highest BCUT2D eigenvalue weighted by molar-refractivity contribution is 5.93. The van der Waals surface area contributed by atoms with Crippen LogP contribution in [0.2, 0.25) is 0 Å². The summed E-state index contributed by atoms with van der Waals surface area (Å²) in [6, 6.07) is 0. The van der Waals surface area contributed by atoms with Crippen LogP contribution in [0.15, 0.2) is 16.8 Å². The maximum atomic E-state index is 12.4. The Morgan fingerprint density at radius 2 is 2.35 bits per heavy atom. The van der Waals surface area contributed by atoms with E-state index in [-0.39, 0.29) is 5.91 Å². The van der Waals surface area contributed by atoms with Crippen molar-refractivity contribution in [1.29, 1.82) is 0 Å². The Hall–Kier alpha value is -2.15. The number of hydrogen-bond donors (Lipinski definition) is 2. The van der Waals surface area contributed by atoms with E-state index in [4.69, 9.17) is 9.15 Å². The van der Waals surface area contributed by atoms with Gasteiger partial charge in [-0.05, 0) is 6.92 Å². The average molecular weight is 276 g/mol. The largest absolute Gasteiger partial charge is 0.445 e. The quantitative estimate of drug-likeness (QED) is 0.874. The van der Waals surface area contributed by atoms with Gasteiger partial charge < -0.3 is 19.5 Å². The average Bonchev–Trinajstić information content (AvgIpc) is 3.10. The Morgan fingerprint density at radius 3 is 2.90 bits per heavy atom. The van der Waals surface area contributed by atoms with E-state index in [9.17, 15) is 4.79 Å². The van der Waals surface area contributed by atoms with Crippen molar-refractivity contribution in [2.45, 2.75) is 25.8 Å². The number of nitrogens with one attached hydrogen (secondary N) is 2. The van der Waals surface area contributed by atoms with Crippen LogP contribution < -0.4 is 5.32 Å². The van der Waals surface area contributed by atoms with Crippen LogP contribution in [0.5, 0.6) is 0 Å². The lowest BCUT2D eigenvalue weighted by Crippen LogP contribution is -2.47. The monoisotopic (exact) mass is 276 g/mol. The van der Waals surface area contributed by atoms with Gasteiger partial charge in [-0.1, -0.05) is 0 Å². The molecule has 3 rings (SSSR count). The molecule has 0 bridgehead atoms. The fourth-order valence-electron chi connectivity index (χ4n) is 2.45. The van der Waals surface area contributed by atoms with Crippen LogP contribution in [0.4, 0.5) is 0 Å². The first-order valence-electron chi connectivity index (χ1n) is 6.45. The van der Waals surface area contributed by atoms with Gasteiger partial charge in [0.05, 0.1) is 6.61 Å². The molecule has 20 heavy (non-hydrogen) atoms. The van der Waals surface area contributed by atoms with Crippen molar-refractivity contribution in [3.8, 4) is 0 Å². The Balaban J connectivity index is 1.88. The van der Waals surface area contributed by atoms with E-state index in [0.717, 1.165) is 0 Å². The molecule has 3 heterocycles. The summed E-state index contributed by atoms with van der Waals surface area (Å²) in [5.41, 5.74) is -0.319. The lowest BCUT2D eigenvalue weighted by molar-refractivity contribution is 0.0863.